The molecule has 0 aromatic carbocycles. The molecule has 0 unspecified atom stereocenters. The van der Waals surface area contributed by atoms with E-state index in [2.05, 4.69) is 25.9 Å². The van der Waals surface area contributed by atoms with Crippen LogP contribution in [0, 0.1) is 0 Å². The van der Waals surface area contributed by atoms with Crippen LogP contribution >= 0.6 is 15.9 Å². The molecule has 2 rings (SSSR count). The van der Waals surface area contributed by atoms with Crippen molar-refractivity contribution in [2.24, 2.45) is 0 Å². The van der Waals surface area contributed by atoms with E-state index >= 15 is 0 Å². The summed E-state index contributed by atoms with van der Waals surface area (Å²) in [4.78, 5) is 7.18. The molecule has 0 saturated heterocycles. The topological polar surface area (TPSA) is 61.0 Å². The summed E-state index contributed by atoms with van der Waals surface area (Å²) < 4.78 is 6.08. The van der Waals surface area contributed by atoms with Crippen LogP contribution in [-0.4, -0.2) is 24.2 Å². The molecule has 0 aliphatic carbocycles. The minimum atomic E-state index is 0. The number of ether oxygens (including phenoxy) is 1. The molecule has 0 radical (unpaired) electrons. The number of fused-ring (bicyclic) bond motifs is 1. The Labute approximate surface area is 139 Å². The Morgan fingerprint density at radius 1 is 1.47 bits per heavy atom. The summed E-state index contributed by atoms with van der Waals surface area (Å²) in [5, 5.41) is 9.24. The number of pyridine rings is 1. The molecular formula is C9H10BrKN2O2. The van der Waals surface area contributed by atoms with E-state index in [1.54, 1.807) is 13.3 Å². The maximum Gasteiger partial charge on any atom is 1.00 e. The Hall–Kier alpha value is 0.566. The number of hydrogen-bond donors (Lipinski definition) is 1. The number of aromatic nitrogens is 2. The first-order valence-electron chi connectivity index (χ1n) is 3.89. The van der Waals surface area contributed by atoms with Crippen molar-refractivity contribution < 1.29 is 61.2 Å². The molecule has 0 saturated carbocycles. The molecule has 0 aliphatic heterocycles. The fourth-order valence-electron chi connectivity index (χ4n) is 1.17. The molecule has 6 heteroatoms. The van der Waals surface area contributed by atoms with Crippen molar-refractivity contribution in [3.8, 4) is 5.75 Å². The molecule has 0 atom stereocenters. The number of nitrogens with zero attached hydrogens (tertiary/aromatic N) is 1. The third-order valence-corrected chi connectivity index (χ3v) is 2.26. The van der Waals surface area contributed by atoms with E-state index < -0.39 is 0 Å². The third kappa shape index (κ3) is 3.52. The average molecular weight is 297 g/mol. The molecule has 0 spiro atoms. The van der Waals surface area contributed by atoms with Gasteiger partial charge in [0, 0.05) is 12.4 Å². The molecule has 2 aromatic rings. The number of rotatable bonds is 1. The Kier molecular flexibility index (Phi) is 8.07. The zero-order valence-electron chi connectivity index (χ0n) is 8.87. The van der Waals surface area contributed by atoms with Gasteiger partial charge in [-0.25, -0.2) is 4.98 Å². The number of methoxy groups -OCH3 is 1. The number of H-pyrrole nitrogens is 1. The van der Waals surface area contributed by atoms with Gasteiger partial charge < -0.3 is 14.8 Å². The maximum atomic E-state index is 8.25. The number of aromatic amines is 1. The zero-order valence-corrected chi connectivity index (χ0v) is 13.6. The van der Waals surface area contributed by atoms with E-state index in [1.165, 1.54) is 0 Å². The van der Waals surface area contributed by atoms with Crippen LogP contribution in [0.3, 0.4) is 0 Å². The van der Waals surface area contributed by atoms with E-state index in [0.29, 0.717) is 0 Å². The Balaban J connectivity index is 0.000000617. The fraction of sp³-hybridized carbons (Fsp3) is 0.222. The summed E-state index contributed by atoms with van der Waals surface area (Å²) in [6, 6.07) is 1.94. The molecule has 1 N–H and O–H groups in total. The molecule has 4 nitrogen and oxygen atoms in total. The summed E-state index contributed by atoms with van der Waals surface area (Å²) in [6.45, 7) is 0. The summed E-state index contributed by atoms with van der Waals surface area (Å²) in [5.41, 5.74) is 0.843. The molecule has 76 valence electrons. The van der Waals surface area contributed by atoms with Crippen molar-refractivity contribution in [3.05, 3.63) is 22.9 Å². The molecule has 15 heavy (non-hydrogen) atoms. The first-order valence-corrected chi connectivity index (χ1v) is 4.68. The Morgan fingerprint density at radius 2 is 2.13 bits per heavy atom. The smallest absolute Gasteiger partial charge is 0.857 e. The van der Waals surface area contributed by atoms with Crippen LogP contribution < -0.4 is 61.2 Å². The van der Waals surface area contributed by atoms with E-state index in [4.69, 9.17) is 9.84 Å². The van der Waals surface area contributed by atoms with E-state index in [0.717, 1.165) is 28.4 Å². The van der Waals surface area contributed by atoms with Crippen LogP contribution in [0.2, 0.25) is 0 Å². The van der Waals surface area contributed by atoms with Crippen molar-refractivity contribution in [3.63, 3.8) is 0 Å². The minimum absolute atomic E-state index is 0. The van der Waals surface area contributed by atoms with Gasteiger partial charge in [-0.1, -0.05) is 0 Å². The summed E-state index contributed by atoms with van der Waals surface area (Å²) in [6.07, 6.45) is 3.56. The second-order valence-corrected chi connectivity index (χ2v) is 3.23. The van der Waals surface area contributed by atoms with Gasteiger partial charge in [0.15, 0.2) is 0 Å². The largest absolute Gasteiger partial charge is 1.00 e. The molecule has 0 amide bonds. The predicted molar refractivity (Wildman–Crippen MR) is 56.3 cm³/mol. The monoisotopic (exact) mass is 296 g/mol. The minimum Gasteiger partial charge on any atom is -0.857 e. The second kappa shape index (κ2) is 7.78. The van der Waals surface area contributed by atoms with Crippen molar-refractivity contribution >= 4 is 27.0 Å². The van der Waals surface area contributed by atoms with Crippen molar-refractivity contribution in [2.45, 2.75) is 0 Å². The van der Waals surface area contributed by atoms with Gasteiger partial charge in [-0.2, -0.15) is 7.11 Å². The van der Waals surface area contributed by atoms with Crippen LogP contribution in [0.1, 0.15) is 0 Å². The van der Waals surface area contributed by atoms with Crippen LogP contribution in [0.5, 0.6) is 5.75 Å². The summed E-state index contributed by atoms with van der Waals surface area (Å²) in [5.74, 6) is 0.821. The van der Waals surface area contributed by atoms with Crippen LogP contribution in [-0.2, 0) is 0 Å². The molecule has 0 fully saturated rings. The standard InChI is InChI=1S/C8H7BrN2O.CH3O.K/c1-12-7-5-2-3-10-8(5)11-4-6(7)9;1-2;/h2-4H,1H3,(H,10,11);1H3;/q;-1;+1. The van der Waals surface area contributed by atoms with Gasteiger partial charge in [0.25, 0.3) is 0 Å². The van der Waals surface area contributed by atoms with E-state index in [9.17, 15) is 0 Å². The van der Waals surface area contributed by atoms with Gasteiger partial charge in [-0.15, -0.1) is 0 Å². The zero-order chi connectivity index (χ0) is 10.6. The quantitative estimate of drug-likeness (QED) is 0.639. The van der Waals surface area contributed by atoms with E-state index in [1.807, 2.05) is 12.3 Å². The fourth-order valence-corrected chi connectivity index (χ4v) is 1.64. The summed E-state index contributed by atoms with van der Waals surface area (Å²) >= 11 is 3.36. The average Bonchev–Trinajstić information content (AvgIpc) is 2.69. The number of halogens is 1. The molecule has 2 heterocycles. The van der Waals surface area contributed by atoms with Crippen LogP contribution in [0.4, 0.5) is 0 Å². The van der Waals surface area contributed by atoms with Gasteiger partial charge in [0.1, 0.15) is 11.4 Å². The normalized spacial score (nSPS) is 8.80. The Morgan fingerprint density at radius 3 is 2.73 bits per heavy atom. The van der Waals surface area contributed by atoms with Crippen LogP contribution in [0.15, 0.2) is 22.9 Å². The maximum absolute atomic E-state index is 8.25. The van der Waals surface area contributed by atoms with Crippen LogP contribution in [0.25, 0.3) is 11.0 Å². The summed E-state index contributed by atoms with van der Waals surface area (Å²) in [7, 11) is 2.40. The number of nitrogens with one attached hydrogen (secondary N) is 1. The van der Waals surface area contributed by atoms with Gasteiger partial charge in [-0.05, 0) is 22.0 Å². The predicted octanol–water partition coefficient (Wildman–Crippen LogP) is -1.69. The van der Waals surface area contributed by atoms with E-state index in [-0.39, 0.29) is 51.4 Å². The molecular weight excluding hydrogens is 287 g/mol. The number of hydrogen-bond acceptors (Lipinski definition) is 3. The first kappa shape index (κ1) is 15.6. The first-order chi connectivity index (χ1) is 6.83. The SMILES string of the molecule is COc1c(Br)cnc2[nH]ccc12.C[O-].[K+]. The van der Waals surface area contributed by atoms with Crippen molar-refractivity contribution in [1.82, 2.24) is 9.97 Å². The Bertz CT molecular complexity index is 419. The molecule has 0 aliphatic rings. The van der Waals surface area contributed by atoms with Gasteiger partial charge in [0.05, 0.1) is 17.0 Å². The second-order valence-electron chi connectivity index (χ2n) is 2.38. The van der Waals surface area contributed by atoms with Gasteiger partial charge >= 0.3 is 51.4 Å². The molecule has 2 aromatic heterocycles. The van der Waals surface area contributed by atoms with Gasteiger partial charge in [-0.3, -0.25) is 0 Å². The third-order valence-electron chi connectivity index (χ3n) is 1.70. The van der Waals surface area contributed by atoms with Crippen molar-refractivity contribution in [2.75, 3.05) is 14.2 Å². The molecule has 0 bridgehead atoms. The van der Waals surface area contributed by atoms with Crippen molar-refractivity contribution in [1.29, 1.82) is 0 Å². The van der Waals surface area contributed by atoms with Gasteiger partial charge in [0.2, 0.25) is 0 Å².